The Hall–Kier alpha value is -2.12. The molecule has 1 heterocycles. The summed E-state index contributed by atoms with van der Waals surface area (Å²) in [5.74, 6) is -0.0392. The van der Waals surface area contributed by atoms with Gasteiger partial charge in [-0.1, -0.05) is 20.8 Å². The van der Waals surface area contributed by atoms with Gasteiger partial charge in [-0.05, 0) is 12.3 Å². The smallest absolute Gasteiger partial charge is 0.392 e. The lowest BCUT2D eigenvalue weighted by molar-refractivity contribution is -0.387. The molecule has 0 saturated carbocycles. The maximum Gasteiger partial charge on any atom is 0.392 e. The quantitative estimate of drug-likeness (QED) is 0.653. The van der Waals surface area contributed by atoms with E-state index in [1.165, 1.54) is 14.2 Å². The predicted octanol–water partition coefficient (Wildman–Crippen LogP) is 2.25. The Morgan fingerprint density at radius 2 is 1.65 bits per heavy atom. The van der Waals surface area contributed by atoms with Crippen molar-refractivity contribution in [2.45, 2.75) is 33.7 Å². The van der Waals surface area contributed by atoms with E-state index in [0.717, 1.165) is 0 Å². The van der Waals surface area contributed by atoms with Crippen molar-refractivity contribution in [3.63, 3.8) is 0 Å². The van der Waals surface area contributed by atoms with E-state index in [4.69, 9.17) is 9.47 Å². The van der Waals surface area contributed by atoms with Gasteiger partial charge in [-0.2, -0.15) is 9.97 Å². The first-order valence-corrected chi connectivity index (χ1v) is 6.11. The molecule has 0 aliphatic carbocycles. The fraction of sp³-hybridized carbons (Fsp3) is 0.667. The van der Waals surface area contributed by atoms with Gasteiger partial charge in [-0.25, -0.2) is 0 Å². The SMILES string of the molecule is COc1nc(NC(C)C(C)(C)C)nc(OC)c1[N+](=O)[O-]. The maximum atomic E-state index is 11.0. The second kappa shape index (κ2) is 5.89. The number of hydrogen-bond donors (Lipinski definition) is 1. The Balaban J connectivity index is 3.21. The van der Waals surface area contributed by atoms with E-state index in [9.17, 15) is 10.1 Å². The standard InChI is InChI=1S/C12H20N4O4/c1-7(12(2,3)4)13-11-14-9(19-5)8(16(17)18)10(15-11)20-6/h7H,1-6H3,(H,13,14,15). The van der Waals surface area contributed by atoms with Crippen LogP contribution in [0.5, 0.6) is 11.8 Å². The van der Waals surface area contributed by atoms with Crippen molar-refractivity contribution in [1.82, 2.24) is 9.97 Å². The predicted molar refractivity (Wildman–Crippen MR) is 74.3 cm³/mol. The van der Waals surface area contributed by atoms with Crippen molar-refractivity contribution in [3.05, 3.63) is 10.1 Å². The van der Waals surface area contributed by atoms with E-state index >= 15 is 0 Å². The lowest BCUT2D eigenvalue weighted by Crippen LogP contribution is -2.31. The Kier molecular flexibility index (Phi) is 4.69. The van der Waals surface area contributed by atoms with Crippen molar-refractivity contribution in [1.29, 1.82) is 0 Å². The monoisotopic (exact) mass is 284 g/mol. The first-order chi connectivity index (χ1) is 9.20. The highest BCUT2D eigenvalue weighted by Gasteiger charge is 2.28. The number of ether oxygens (including phenoxy) is 2. The highest BCUT2D eigenvalue weighted by molar-refractivity contribution is 5.53. The molecule has 1 N–H and O–H groups in total. The van der Waals surface area contributed by atoms with Crippen LogP contribution in [0.2, 0.25) is 0 Å². The summed E-state index contributed by atoms with van der Waals surface area (Å²) >= 11 is 0. The highest BCUT2D eigenvalue weighted by Crippen LogP contribution is 2.34. The van der Waals surface area contributed by atoms with Gasteiger partial charge in [0.1, 0.15) is 0 Å². The van der Waals surface area contributed by atoms with Gasteiger partial charge >= 0.3 is 17.4 Å². The van der Waals surface area contributed by atoms with Gasteiger partial charge in [0.15, 0.2) is 0 Å². The molecular formula is C12H20N4O4. The van der Waals surface area contributed by atoms with Crippen LogP contribution in [0, 0.1) is 15.5 Å². The number of nitro groups is 1. The molecule has 0 amide bonds. The summed E-state index contributed by atoms with van der Waals surface area (Å²) in [6.45, 7) is 8.16. The van der Waals surface area contributed by atoms with Crippen molar-refractivity contribution in [2.75, 3.05) is 19.5 Å². The van der Waals surface area contributed by atoms with Gasteiger partial charge in [-0.3, -0.25) is 10.1 Å². The Labute approximate surface area is 117 Å². The number of hydrogen-bond acceptors (Lipinski definition) is 7. The second-order valence-electron chi connectivity index (χ2n) is 5.40. The molecule has 0 aliphatic rings. The third-order valence-electron chi connectivity index (χ3n) is 3.03. The molecule has 1 rings (SSSR count). The normalized spacial score (nSPS) is 12.7. The van der Waals surface area contributed by atoms with E-state index in [2.05, 4.69) is 36.1 Å². The minimum absolute atomic E-state index is 0.0222. The summed E-state index contributed by atoms with van der Waals surface area (Å²) in [5.41, 5.74) is -0.407. The molecule has 0 radical (unpaired) electrons. The second-order valence-corrected chi connectivity index (χ2v) is 5.40. The summed E-state index contributed by atoms with van der Waals surface area (Å²) in [5, 5.41) is 14.1. The summed E-state index contributed by atoms with van der Waals surface area (Å²) in [6.07, 6.45) is 0. The van der Waals surface area contributed by atoms with Crippen molar-refractivity contribution in [3.8, 4) is 11.8 Å². The summed E-state index contributed by atoms with van der Waals surface area (Å²) in [4.78, 5) is 18.4. The molecule has 0 fully saturated rings. The Morgan fingerprint density at radius 1 is 1.20 bits per heavy atom. The topological polar surface area (TPSA) is 99.4 Å². The molecular weight excluding hydrogens is 264 g/mol. The third kappa shape index (κ3) is 3.46. The van der Waals surface area contributed by atoms with E-state index < -0.39 is 4.92 Å². The molecule has 1 aromatic heterocycles. The van der Waals surface area contributed by atoms with Crippen molar-refractivity contribution < 1.29 is 14.4 Å². The number of nitrogens with one attached hydrogen (secondary N) is 1. The summed E-state index contributed by atoms with van der Waals surface area (Å²) in [6, 6.07) is 0.0540. The van der Waals surface area contributed by atoms with Crippen LogP contribution in [0.1, 0.15) is 27.7 Å². The van der Waals surface area contributed by atoms with E-state index in [0.29, 0.717) is 0 Å². The van der Waals surface area contributed by atoms with Gasteiger partial charge in [0, 0.05) is 6.04 Å². The van der Waals surface area contributed by atoms with Crippen molar-refractivity contribution >= 4 is 11.6 Å². The Bertz CT molecular complexity index is 474. The highest BCUT2D eigenvalue weighted by atomic mass is 16.6. The molecule has 8 nitrogen and oxygen atoms in total. The summed E-state index contributed by atoms with van der Waals surface area (Å²) in [7, 11) is 2.62. The molecule has 1 aromatic rings. The molecule has 112 valence electrons. The fourth-order valence-corrected chi connectivity index (χ4v) is 1.33. The molecule has 0 bridgehead atoms. The van der Waals surface area contributed by atoms with Crippen LogP contribution in [-0.4, -0.2) is 35.2 Å². The fourth-order valence-electron chi connectivity index (χ4n) is 1.33. The number of aromatic nitrogens is 2. The third-order valence-corrected chi connectivity index (χ3v) is 3.03. The molecule has 8 heteroatoms. The molecule has 0 saturated heterocycles. The van der Waals surface area contributed by atoms with Crippen LogP contribution in [0.15, 0.2) is 0 Å². The van der Waals surface area contributed by atoms with Crippen molar-refractivity contribution in [2.24, 2.45) is 5.41 Å². The largest absolute Gasteiger partial charge is 0.476 e. The zero-order valence-corrected chi connectivity index (χ0v) is 12.6. The first kappa shape index (κ1) is 15.9. The van der Waals surface area contributed by atoms with Crippen LogP contribution in [0.3, 0.4) is 0 Å². The average Bonchev–Trinajstić information content (AvgIpc) is 2.35. The lowest BCUT2D eigenvalue weighted by atomic mass is 9.88. The molecule has 1 unspecified atom stereocenters. The minimum atomic E-state index is -0.630. The van der Waals surface area contributed by atoms with Gasteiger partial charge in [0.25, 0.3) is 0 Å². The molecule has 1 atom stereocenters. The van der Waals surface area contributed by atoms with Crippen LogP contribution in [-0.2, 0) is 0 Å². The number of methoxy groups -OCH3 is 2. The van der Waals surface area contributed by atoms with Gasteiger partial charge < -0.3 is 14.8 Å². The lowest BCUT2D eigenvalue weighted by Gasteiger charge is -2.28. The zero-order valence-electron chi connectivity index (χ0n) is 12.6. The van der Waals surface area contributed by atoms with E-state index in [1.54, 1.807) is 0 Å². The number of anilines is 1. The minimum Gasteiger partial charge on any atom is -0.476 e. The molecule has 0 spiro atoms. The van der Waals surface area contributed by atoms with Gasteiger partial charge in [0.05, 0.1) is 19.1 Å². The van der Waals surface area contributed by atoms with E-state index in [1.807, 2.05) is 6.92 Å². The van der Waals surface area contributed by atoms with Gasteiger partial charge in [-0.15, -0.1) is 0 Å². The number of rotatable bonds is 5. The first-order valence-electron chi connectivity index (χ1n) is 6.11. The summed E-state index contributed by atoms with van der Waals surface area (Å²) < 4.78 is 9.89. The molecule has 0 aliphatic heterocycles. The number of nitrogens with zero attached hydrogens (tertiary/aromatic N) is 3. The van der Waals surface area contributed by atoms with Gasteiger partial charge in [0.2, 0.25) is 5.95 Å². The van der Waals surface area contributed by atoms with Crippen LogP contribution < -0.4 is 14.8 Å². The Morgan fingerprint density at radius 3 is 1.95 bits per heavy atom. The molecule has 0 aromatic carbocycles. The van der Waals surface area contributed by atoms with Crippen LogP contribution in [0.25, 0.3) is 0 Å². The van der Waals surface area contributed by atoms with E-state index in [-0.39, 0.29) is 34.9 Å². The average molecular weight is 284 g/mol. The van der Waals surface area contributed by atoms with Crippen LogP contribution in [0.4, 0.5) is 11.6 Å². The zero-order chi connectivity index (χ0) is 15.5. The maximum absolute atomic E-state index is 11.0. The molecule has 20 heavy (non-hydrogen) atoms. The van der Waals surface area contributed by atoms with Crippen LogP contribution >= 0.6 is 0 Å².